The number of carbonyl (C=O) groups is 1. The standard InChI is InChI=1S/C29H27N3O3S/c1-34-18-13-14-21(26(15-18)35-2)25-16-22(19-9-7-8-11-24(19)31-25)28(33)32-29-23(17-30)20-10-5-3-4-6-12-27(20)36-29/h7-9,11,13-16H,3-6,10,12H2,1-2H3,(H,32,33). The normalized spacial score (nSPS) is 13.2. The van der Waals surface area contributed by atoms with Crippen molar-refractivity contribution in [3.05, 3.63) is 70.1 Å². The van der Waals surface area contributed by atoms with Gasteiger partial charge in [0.25, 0.3) is 5.91 Å². The van der Waals surface area contributed by atoms with E-state index in [0.29, 0.717) is 38.8 Å². The highest BCUT2D eigenvalue weighted by atomic mass is 32.1. The van der Waals surface area contributed by atoms with Crippen molar-refractivity contribution in [2.45, 2.75) is 38.5 Å². The third-order valence-electron chi connectivity index (χ3n) is 6.66. The molecule has 1 aliphatic rings. The van der Waals surface area contributed by atoms with Crippen molar-refractivity contribution in [2.24, 2.45) is 0 Å². The van der Waals surface area contributed by atoms with Gasteiger partial charge in [0.2, 0.25) is 0 Å². The van der Waals surface area contributed by atoms with Gasteiger partial charge in [-0.2, -0.15) is 5.26 Å². The van der Waals surface area contributed by atoms with E-state index in [-0.39, 0.29) is 5.91 Å². The molecule has 2 aromatic heterocycles. The quantitative estimate of drug-likeness (QED) is 0.329. The smallest absolute Gasteiger partial charge is 0.257 e. The maximum absolute atomic E-state index is 13.7. The van der Waals surface area contributed by atoms with Crippen LogP contribution in [0.1, 0.15) is 52.0 Å². The molecule has 0 fully saturated rings. The second kappa shape index (κ2) is 10.4. The predicted molar refractivity (Wildman–Crippen MR) is 143 cm³/mol. The van der Waals surface area contributed by atoms with Crippen LogP contribution in [0.3, 0.4) is 0 Å². The molecule has 0 spiro atoms. The predicted octanol–water partition coefficient (Wildman–Crippen LogP) is 6.76. The van der Waals surface area contributed by atoms with Gasteiger partial charge in [-0.15, -0.1) is 11.3 Å². The Morgan fingerprint density at radius 3 is 2.61 bits per heavy atom. The first-order valence-electron chi connectivity index (χ1n) is 12.1. The van der Waals surface area contributed by atoms with Crippen LogP contribution < -0.4 is 14.8 Å². The number of nitrogens with one attached hydrogen (secondary N) is 1. The average Bonchev–Trinajstić information content (AvgIpc) is 3.21. The molecule has 1 N–H and O–H groups in total. The molecule has 1 aliphatic carbocycles. The second-order valence-electron chi connectivity index (χ2n) is 8.83. The summed E-state index contributed by atoms with van der Waals surface area (Å²) in [5, 5.41) is 14.4. The first-order chi connectivity index (χ1) is 17.6. The van der Waals surface area contributed by atoms with Gasteiger partial charge >= 0.3 is 0 Å². The zero-order valence-electron chi connectivity index (χ0n) is 20.4. The number of para-hydroxylation sites is 1. The topological polar surface area (TPSA) is 84.2 Å². The molecule has 6 nitrogen and oxygen atoms in total. The van der Waals surface area contributed by atoms with Crippen molar-refractivity contribution in [1.82, 2.24) is 4.98 Å². The van der Waals surface area contributed by atoms with Crippen LogP contribution >= 0.6 is 11.3 Å². The van der Waals surface area contributed by atoms with E-state index in [9.17, 15) is 10.1 Å². The molecule has 36 heavy (non-hydrogen) atoms. The van der Waals surface area contributed by atoms with E-state index < -0.39 is 0 Å². The van der Waals surface area contributed by atoms with Crippen LogP contribution in [0.25, 0.3) is 22.2 Å². The van der Waals surface area contributed by atoms with Gasteiger partial charge in [0, 0.05) is 21.9 Å². The number of hydrogen-bond donors (Lipinski definition) is 1. The Bertz CT molecular complexity index is 1490. The van der Waals surface area contributed by atoms with E-state index in [1.54, 1.807) is 37.7 Å². The number of pyridine rings is 1. The molecule has 4 aromatic rings. The number of hydrogen-bond acceptors (Lipinski definition) is 6. The highest BCUT2D eigenvalue weighted by Gasteiger charge is 2.22. The van der Waals surface area contributed by atoms with Crippen molar-refractivity contribution in [3.8, 4) is 28.8 Å². The van der Waals surface area contributed by atoms with Crippen LogP contribution in [0.4, 0.5) is 5.00 Å². The molecule has 0 radical (unpaired) electrons. The van der Waals surface area contributed by atoms with E-state index in [2.05, 4.69) is 11.4 Å². The summed E-state index contributed by atoms with van der Waals surface area (Å²) < 4.78 is 10.9. The summed E-state index contributed by atoms with van der Waals surface area (Å²) in [6, 6.07) is 17.3. The third kappa shape index (κ3) is 4.52. The Kier molecular flexibility index (Phi) is 6.88. The highest BCUT2D eigenvalue weighted by molar-refractivity contribution is 7.16. The summed E-state index contributed by atoms with van der Waals surface area (Å²) in [7, 11) is 3.20. The number of thiophene rings is 1. The summed E-state index contributed by atoms with van der Waals surface area (Å²) in [6.45, 7) is 0. The molecule has 0 bridgehead atoms. The number of amides is 1. The molecule has 2 heterocycles. The molecule has 0 atom stereocenters. The fourth-order valence-electron chi connectivity index (χ4n) is 4.81. The Morgan fingerprint density at radius 2 is 1.83 bits per heavy atom. The van der Waals surface area contributed by atoms with Gasteiger partial charge in [-0.3, -0.25) is 4.79 Å². The molecule has 0 saturated carbocycles. The van der Waals surface area contributed by atoms with Crippen LogP contribution in [0.2, 0.25) is 0 Å². The minimum absolute atomic E-state index is 0.256. The lowest BCUT2D eigenvalue weighted by Crippen LogP contribution is -2.13. The first-order valence-corrected chi connectivity index (χ1v) is 12.9. The Morgan fingerprint density at radius 1 is 1.03 bits per heavy atom. The fraction of sp³-hybridized carbons (Fsp3) is 0.276. The number of fused-ring (bicyclic) bond motifs is 2. The molecule has 0 aliphatic heterocycles. The van der Waals surface area contributed by atoms with Gasteiger partial charge in [0.1, 0.15) is 22.6 Å². The number of aryl methyl sites for hydroxylation is 1. The molecule has 182 valence electrons. The van der Waals surface area contributed by atoms with Gasteiger partial charge in [0.15, 0.2) is 0 Å². The van der Waals surface area contributed by atoms with Gasteiger partial charge in [-0.25, -0.2) is 4.98 Å². The molecule has 0 saturated heterocycles. The fourth-order valence-corrected chi connectivity index (χ4v) is 6.04. The largest absolute Gasteiger partial charge is 0.497 e. The molecule has 7 heteroatoms. The van der Waals surface area contributed by atoms with Crippen LogP contribution in [0, 0.1) is 11.3 Å². The van der Waals surface area contributed by atoms with E-state index in [1.165, 1.54) is 17.7 Å². The van der Waals surface area contributed by atoms with Crippen LogP contribution in [-0.2, 0) is 12.8 Å². The summed E-state index contributed by atoms with van der Waals surface area (Å²) in [4.78, 5) is 19.7. The SMILES string of the molecule is COc1ccc(-c2cc(C(=O)Nc3sc4c(c3C#N)CCCCCC4)c3ccccc3n2)c(OC)c1. The van der Waals surface area contributed by atoms with Crippen molar-refractivity contribution < 1.29 is 14.3 Å². The van der Waals surface area contributed by atoms with E-state index in [4.69, 9.17) is 14.5 Å². The summed E-state index contributed by atoms with van der Waals surface area (Å²) in [6.07, 6.45) is 6.44. The number of nitriles is 1. The summed E-state index contributed by atoms with van der Waals surface area (Å²) in [5.41, 5.74) is 4.31. The highest BCUT2D eigenvalue weighted by Crippen LogP contribution is 2.38. The van der Waals surface area contributed by atoms with E-state index in [1.807, 2.05) is 36.4 Å². The van der Waals surface area contributed by atoms with Crippen molar-refractivity contribution in [3.63, 3.8) is 0 Å². The summed E-state index contributed by atoms with van der Waals surface area (Å²) in [5.74, 6) is 1.02. The molecule has 2 aromatic carbocycles. The zero-order valence-corrected chi connectivity index (χ0v) is 21.2. The average molecular weight is 498 g/mol. The monoisotopic (exact) mass is 497 g/mol. The van der Waals surface area contributed by atoms with Gasteiger partial charge in [-0.1, -0.05) is 31.0 Å². The van der Waals surface area contributed by atoms with Gasteiger partial charge in [0.05, 0.1) is 36.6 Å². The molecule has 0 unspecified atom stereocenters. The Hall–Kier alpha value is -3.89. The second-order valence-corrected chi connectivity index (χ2v) is 9.93. The number of aromatic nitrogens is 1. The van der Waals surface area contributed by atoms with Gasteiger partial charge < -0.3 is 14.8 Å². The van der Waals surface area contributed by atoms with E-state index in [0.717, 1.165) is 42.2 Å². The molecule has 5 rings (SSSR count). The number of rotatable bonds is 5. The maximum atomic E-state index is 13.7. The number of methoxy groups -OCH3 is 2. The van der Waals surface area contributed by atoms with E-state index >= 15 is 0 Å². The Balaban J connectivity index is 1.58. The van der Waals surface area contributed by atoms with Gasteiger partial charge in [-0.05, 0) is 55.5 Å². The minimum atomic E-state index is -0.256. The first kappa shape index (κ1) is 23.8. The molecular formula is C29H27N3O3S. The lowest BCUT2D eigenvalue weighted by molar-refractivity contribution is 0.102. The van der Waals surface area contributed by atoms with Crippen molar-refractivity contribution in [1.29, 1.82) is 5.26 Å². The number of anilines is 1. The van der Waals surface area contributed by atoms with Crippen LogP contribution in [0.5, 0.6) is 11.5 Å². The Labute approximate surface area is 214 Å². The number of ether oxygens (including phenoxy) is 2. The van der Waals surface area contributed by atoms with Crippen molar-refractivity contribution in [2.75, 3.05) is 19.5 Å². The van der Waals surface area contributed by atoms with Crippen LogP contribution in [0.15, 0.2) is 48.5 Å². The summed E-state index contributed by atoms with van der Waals surface area (Å²) >= 11 is 1.54. The minimum Gasteiger partial charge on any atom is -0.497 e. The molecule has 1 amide bonds. The van der Waals surface area contributed by atoms with Crippen LogP contribution in [-0.4, -0.2) is 25.1 Å². The molecular weight excluding hydrogens is 470 g/mol. The lowest BCUT2D eigenvalue weighted by atomic mass is 9.97. The lowest BCUT2D eigenvalue weighted by Gasteiger charge is -2.13. The zero-order chi connectivity index (χ0) is 25.1. The number of benzene rings is 2. The third-order valence-corrected chi connectivity index (χ3v) is 7.86. The number of carbonyl (C=O) groups excluding carboxylic acids is 1. The van der Waals surface area contributed by atoms with Crippen molar-refractivity contribution >= 4 is 33.1 Å². The number of nitrogens with zero attached hydrogens (tertiary/aromatic N) is 2. The maximum Gasteiger partial charge on any atom is 0.257 e.